The fourth-order valence-corrected chi connectivity index (χ4v) is 5.54. The van der Waals surface area contributed by atoms with Crippen LogP contribution in [0.2, 0.25) is 0 Å². The standard InChI is InChI=1S/C21H29FN4OS/c1-25-16(14-27)10-15(20(25)18-6-2-3-7-19(18)22)11-23-12-17-13-24-21(28-17)26-8-4-5-9-26/h2-3,6-7,13,15-16,20,23,27H,4-5,8-12,14H2,1H3/t15-,16+,20-/m1/s1. The first-order valence-corrected chi connectivity index (χ1v) is 11.0. The molecule has 28 heavy (non-hydrogen) atoms. The number of likely N-dealkylation sites (N-methyl/N-ethyl adjacent to an activating group) is 1. The van der Waals surface area contributed by atoms with Gasteiger partial charge in [-0.05, 0) is 38.3 Å². The van der Waals surface area contributed by atoms with E-state index >= 15 is 0 Å². The van der Waals surface area contributed by atoms with Gasteiger partial charge in [0.1, 0.15) is 5.82 Å². The maximum absolute atomic E-state index is 14.4. The number of likely N-dealkylation sites (tertiary alicyclic amines) is 1. The third-order valence-corrected chi connectivity index (χ3v) is 7.15. The van der Waals surface area contributed by atoms with Gasteiger partial charge in [0.15, 0.2) is 5.13 Å². The Morgan fingerprint density at radius 2 is 2.07 bits per heavy atom. The normalized spacial score (nSPS) is 25.7. The molecule has 0 saturated carbocycles. The monoisotopic (exact) mass is 404 g/mol. The van der Waals surface area contributed by atoms with Crippen molar-refractivity contribution in [1.29, 1.82) is 0 Å². The number of halogens is 1. The van der Waals surface area contributed by atoms with Crippen LogP contribution in [-0.4, -0.2) is 54.3 Å². The van der Waals surface area contributed by atoms with Crippen LogP contribution in [0.25, 0.3) is 0 Å². The molecule has 0 unspecified atom stereocenters. The van der Waals surface area contributed by atoms with Gasteiger partial charge in [0.2, 0.25) is 0 Å². The molecule has 2 aliphatic rings. The van der Waals surface area contributed by atoms with Crippen molar-refractivity contribution in [2.75, 3.05) is 38.2 Å². The van der Waals surface area contributed by atoms with Gasteiger partial charge >= 0.3 is 0 Å². The van der Waals surface area contributed by atoms with Crippen molar-refractivity contribution < 1.29 is 9.50 Å². The molecule has 2 aromatic rings. The summed E-state index contributed by atoms with van der Waals surface area (Å²) in [5.74, 6) is 0.0886. The number of aromatic nitrogens is 1. The predicted octanol–water partition coefficient (Wildman–Crippen LogP) is 3.03. The molecule has 4 rings (SSSR count). The molecule has 0 spiro atoms. The van der Waals surface area contributed by atoms with Crippen LogP contribution in [-0.2, 0) is 6.54 Å². The highest BCUT2D eigenvalue weighted by Crippen LogP contribution is 2.40. The molecule has 7 heteroatoms. The number of hydrogen-bond donors (Lipinski definition) is 2. The average Bonchev–Trinajstić information content (AvgIpc) is 3.43. The number of aliphatic hydroxyl groups is 1. The SMILES string of the molecule is CN1[C@H](CO)C[C@H](CNCc2cnc(N3CCCC3)s2)[C@@H]1c1ccccc1F. The number of anilines is 1. The Bertz CT molecular complexity index is 779. The summed E-state index contributed by atoms with van der Waals surface area (Å²) in [4.78, 5) is 10.3. The lowest BCUT2D eigenvalue weighted by molar-refractivity contribution is 0.151. The molecular formula is C21H29FN4OS. The second kappa shape index (κ2) is 8.86. The van der Waals surface area contributed by atoms with E-state index in [-0.39, 0.29) is 30.4 Å². The maximum atomic E-state index is 14.4. The van der Waals surface area contributed by atoms with E-state index in [2.05, 4.69) is 20.1 Å². The van der Waals surface area contributed by atoms with Crippen LogP contribution in [0.4, 0.5) is 9.52 Å². The van der Waals surface area contributed by atoms with E-state index in [4.69, 9.17) is 0 Å². The Morgan fingerprint density at radius 1 is 1.29 bits per heavy atom. The molecule has 2 N–H and O–H groups in total. The summed E-state index contributed by atoms with van der Waals surface area (Å²) < 4.78 is 14.4. The molecule has 2 aliphatic heterocycles. The number of aliphatic hydroxyl groups excluding tert-OH is 1. The van der Waals surface area contributed by atoms with Crippen molar-refractivity contribution >= 4 is 16.5 Å². The van der Waals surface area contributed by atoms with Crippen molar-refractivity contribution in [3.8, 4) is 0 Å². The Kier molecular flexibility index (Phi) is 6.25. The van der Waals surface area contributed by atoms with E-state index in [1.54, 1.807) is 17.4 Å². The number of nitrogens with one attached hydrogen (secondary N) is 1. The van der Waals surface area contributed by atoms with Crippen LogP contribution >= 0.6 is 11.3 Å². The summed E-state index contributed by atoms with van der Waals surface area (Å²) in [5, 5.41) is 14.4. The first-order valence-electron chi connectivity index (χ1n) is 10.1. The van der Waals surface area contributed by atoms with Gasteiger partial charge in [0.05, 0.1) is 6.61 Å². The molecule has 0 radical (unpaired) electrons. The zero-order valence-electron chi connectivity index (χ0n) is 16.4. The Balaban J connectivity index is 1.39. The highest BCUT2D eigenvalue weighted by molar-refractivity contribution is 7.15. The van der Waals surface area contributed by atoms with E-state index in [1.807, 2.05) is 25.4 Å². The molecule has 2 saturated heterocycles. The number of benzene rings is 1. The van der Waals surface area contributed by atoms with Crippen molar-refractivity contribution in [2.45, 2.75) is 37.9 Å². The lowest BCUT2D eigenvalue weighted by atomic mass is 9.92. The predicted molar refractivity (Wildman–Crippen MR) is 111 cm³/mol. The van der Waals surface area contributed by atoms with Gasteiger partial charge in [-0.1, -0.05) is 18.2 Å². The van der Waals surface area contributed by atoms with Crippen molar-refractivity contribution in [3.05, 3.63) is 46.7 Å². The topological polar surface area (TPSA) is 51.6 Å². The molecule has 3 heterocycles. The Hall–Kier alpha value is -1.54. The molecule has 1 aromatic heterocycles. The first-order chi connectivity index (χ1) is 13.7. The van der Waals surface area contributed by atoms with Crippen LogP contribution in [0, 0.1) is 11.7 Å². The minimum absolute atomic E-state index is 0.0209. The van der Waals surface area contributed by atoms with Crippen LogP contribution in [0.15, 0.2) is 30.5 Å². The third kappa shape index (κ3) is 4.08. The minimum atomic E-state index is -0.166. The lowest BCUT2D eigenvalue weighted by Crippen LogP contribution is -2.32. The molecule has 1 aromatic carbocycles. The highest BCUT2D eigenvalue weighted by atomic mass is 32.1. The molecule has 5 nitrogen and oxygen atoms in total. The third-order valence-electron chi connectivity index (χ3n) is 6.09. The minimum Gasteiger partial charge on any atom is -0.395 e. The van der Waals surface area contributed by atoms with Gasteiger partial charge < -0.3 is 15.3 Å². The van der Waals surface area contributed by atoms with Crippen molar-refractivity contribution in [3.63, 3.8) is 0 Å². The number of rotatable bonds is 7. The molecule has 0 bridgehead atoms. The van der Waals surface area contributed by atoms with E-state index < -0.39 is 0 Å². The van der Waals surface area contributed by atoms with E-state index in [0.717, 1.165) is 43.3 Å². The van der Waals surface area contributed by atoms with E-state index in [9.17, 15) is 9.50 Å². The van der Waals surface area contributed by atoms with Gasteiger partial charge in [-0.2, -0.15) is 0 Å². The zero-order valence-corrected chi connectivity index (χ0v) is 17.2. The Morgan fingerprint density at radius 3 is 2.82 bits per heavy atom. The molecule has 152 valence electrons. The summed E-state index contributed by atoms with van der Waals surface area (Å²) in [7, 11) is 1.99. The van der Waals surface area contributed by atoms with Crippen LogP contribution in [0.5, 0.6) is 0 Å². The number of nitrogens with zero attached hydrogens (tertiary/aromatic N) is 3. The summed E-state index contributed by atoms with van der Waals surface area (Å²) >= 11 is 1.76. The van der Waals surface area contributed by atoms with Gasteiger partial charge in [-0.3, -0.25) is 4.90 Å². The first kappa shape index (κ1) is 19.8. The van der Waals surface area contributed by atoms with Gasteiger partial charge in [0, 0.05) is 54.9 Å². The molecular weight excluding hydrogens is 375 g/mol. The lowest BCUT2D eigenvalue weighted by Gasteiger charge is -2.28. The largest absolute Gasteiger partial charge is 0.395 e. The second-order valence-electron chi connectivity index (χ2n) is 7.90. The van der Waals surface area contributed by atoms with E-state index in [1.165, 1.54) is 23.8 Å². The van der Waals surface area contributed by atoms with Crippen LogP contribution in [0.3, 0.4) is 0 Å². The van der Waals surface area contributed by atoms with Crippen molar-refractivity contribution in [2.24, 2.45) is 5.92 Å². The maximum Gasteiger partial charge on any atom is 0.185 e. The number of hydrogen-bond acceptors (Lipinski definition) is 6. The molecule has 0 amide bonds. The van der Waals surface area contributed by atoms with E-state index in [0.29, 0.717) is 0 Å². The number of thiazole rings is 1. The summed E-state index contributed by atoms with van der Waals surface area (Å²) in [6.45, 7) is 3.89. The Labute approximate surface area is 170 Å². The fraction of sp³-hybridized carbons (Fsp3) is 0.571. The molecule has 3 atom stereocenters. The van der Waals surface area contributed by atoms with Crippen molar-refractivity contribution in [1.82, 2.24) is 15.2 Å². The van der Waals surface area contributed by atoms with Crippen LogP contribution < -0.4 is 10.2 Å². The smallest absolute Gasteiger partial charge is 0.185 e. The second-order valence-corrected chi connectivity index (χ2v) is 8.99. The van der Waals surface area contributed by atoms with Crippen LogP contribution in [0.1, 0.15) is 35.7 Å². The average molecular weight is 405 g/mol. The highest BCUT2D eigenvalue weighted by Gasteiger charge is 2.40. The fourth-order valence-electron chi connectivity index (χ4n) is 4.61. The van der Waals surface area contributed by atoms with Gasteiger partial charge in [-0.25, -0.2) is 9.37 Å². The van der Waals surface area contributed by atoms with Gasteiger partial charge in [-0.15, -0.1) is 11.3 Å². The quantitative estimate of drug-likeness (QED) is 0.743. The summed E-state index contributed by atoms with van der Waals surface area (Å²) in [6.07, 6.45) is 5.34. The summed E-state index contributed by atoms with van der Waals surface area (Å²) in [6, 6.07) is 7.06. The summed E-state index contributed by atoms with van der Waals surface area (Å²) in [5.41, 5.74) is 0.724. The molecule has 0 aliphatic carbocycles. The molecule has 2 fully saturated rings. The van der Waals surface area contributed by atoms with Gasteiger partial charge in [0.25, 0.3) is 0 Å². The zero-order chi connectivity index (χ0) is 19.5.